The average molecular weight is 363 g/mol. The molecule has 124 valence electrons. The van der Waals surface area contributed by atoms with Gasteiger partial charge < -0.3 is 15.0 Å². The normalized spacial score (nSPS) is 12.3. The van der Waals surface area contributed by atoms with E-state index in [1.54, 1.807) is 0 Å². The van der Waals surface area contributed by atoms with Crippen LogP contribution in [0.5, 0.6) is 0 Å². The first kappa shape index (κ1) is 24.1. The Hall–Kier alpha value is -0.207. The Balaban J connectivity index is 0. The van der Waals surface area contributed by atoms with Crippen molar-refractivity contribution in [2.24, 2.45) is 0 Å². The molecule has 0 rings (SSSR count). The standard InChI is InChI=1S/C18H34O3.Zn/c1-2-3-4-11-14-17(19)15-12-9-7-5-6-8-10-13-16-18(20)21;/h9,12,17,19H,2-8,10-11,13-16H2,1H3,(H,20,21);/q;+2/p-1/b12-9+;. The minimum atomic E-state index is -0.939. The van der Waals surface area contributed by atoms with Gasteiger partial charge in [-0.1, -0.05) is 64.0 Å². The summed E-state index contributed by atoms with van der Waals surface area (Å²) >= 11 is 0. The quantitative estimate of drug-likeness (QED) is 0.274. The molecule has 4 heteroatoms. The summed E-state index contributed by atoms with van der Waals surface area (Å²) in [4.78, 5) is 10.2. The van der Waals surface area contributed by atoms with Crippen molar-refractivity contribution in [3.8, 4) is 0 Å². The zero-order chi connectivity index (χ0) is 15.8. The summed E-state index contributed by atoms with van der Waals surface area (Å²) in [5.41, 5.74) is 0. The molecule has 0 aromatic carbocycles. The molecule has 0 bridgehead atoms. The van der Waals surface area contributed by atoms with E-state index in [0.717, 1.165) is 57.8 Å². The second-order valence-corrected chi connectivity index (χ2v) is 5.89. The third-order valence-electron chi connectivity index (χ3n) is 3.72. The number of hydrogen-bond acceptors (Lipinski definition) is 3. The molecular formula is C18H33O3Zn+. The zero-order valence-electron chi connectivity index (χ0n) is 14.4. The molecule has 1 N–H and O–H groups in total. The molecule has 0 spiro atoms. The number of carboxylic acids is 1. The molecule has 0 aromatic rings. The molecule has 0 aliphatic heterocycles. The maximum Gasteiger partial charge on any atom is 2.00 e. The van der Waals surface area contributed by atoms with Gasteiger partial charge in [0.05, 0.1) is 6.10 Å². The van der Waals surface area contributed by atoms with Crippen LogP contribution < -0.4 is 5.11 Å². The number of unbranched alkanes of at least 4 members (excludes halogenated alkanes) is 8. The van der Waals surface area contributed by atoms with Crippen molar-refractivity contribution in [2.45, 2.75) is 96.5 Å². The van der Waals surface area contributed by atoms with Gasteiger partial charge in [-0.15, -0.1) is 0 Å². The molecule has 3 nitrogen and oxygen atoms in total. The molecule has 1 unspecified atom stereocenters. The van der Waals surface area contributed by atoms with E-state index in [9.17, 15) is 15.0 Å². The summed E-state index contributed by atoms with van der Waals surface area (Å²) in [5.74, 6) is -0.939. The molecule has 0 aliphatic rings. The molecular weight excluding hydrogens is 330 g/mol. The Morgan fingerprint density at radius 3 is 2.32 bits per heavy atom. The molecule has 0 amide bonds. The van der Waals surface area contributed by atoms with Crippen LogP contribution in [0.25, 0.3) is 0 Å². The van der Waals surface area contributed by atoms with Crippen LogP contribution in [0.1, 0.15) is 90.4 Å². The van der Waals surface area contributed by atoms with Gasteiger partial charge in [-0.25, -0.2) is 0 Å². The summed E-state index contributed by atoms with van der Waals surface area (Å²) in [5, 5.41) is 20.0. The van der Waals surface area contributed by atoms with E-state index in [1.165, 1.54) is 19.3 Å². The number of aliphatic hydroxyl groups excluding tert-OH is 1. The average Bonchev–Trinajstić information content (AvgIpc) is 2.45. The third kappa shape index (κ3) is 19.8. The Labute approximate surface area is 149 Å². The van der Waals surface area contributed by atoms with E-state index >= 15 is 0 Å². The van der Waals surface area contributed by atoms with Gasteiger partial charge in [-0.2, -0.15) is 0 Å². The van der Waals surface area contributed by atoms with Crippen LogP contribution in [0, 0.1) is 0 Å². The van der Waals surface area contributed by atoms with Gasteiger partial charge in [0, 0.05) is 5.97 Å². The van der Waals surface area contributed by atoms with Crippen molar-refractivity contribution in [1.29, 1.82) is 0 Å². The number of allylic oxidation sites excluding steroid dienone is 1. The van der Waals surface area contributed by atoms with E-state index in [-0.39, 0.29) is 32.0 Å². The summed E-state index contributed by atoms with van der Waals surface area (Å²) < 4.78 is 0. The summed E-state index contributed by atoms with van der Waals surface area (Å²) in [6.07, 6.45) is 17.0. The molecule has 22 heavy (non-hydrogen) atoms. The van der Waals surface area contributed by atoms with Crippen LogP contribution in [0.4, 0.5) is 0 Å². The monoisotopic (exact) mass is 361 g/mol. The minimum Gasteiger partial charge on any atom is -0.550 e. The zero-order valence-corrected chi connectivity index (χ0v) is 17.4. The molecule has 0 saturated heterocycles. The van der Waals surface area contributed by atoms with E-state index in [2.05, 4.69) is 19.1 Å². The van der Waals surface area contributed by atoms with E-state index in [0.29, 0.717) is 0 Å². The van der Waals surface area contributed by atoms with Crippen molar-refractivity contribution in [3.05, 3.63) is 12.2 Å². The molecule has 0 saturated carbocycles. The van der Waals surface area contributed by atoms with Crippen molar-refractivity contribution in [1.82, 2.24) is 0 Å². The van der Waals surface area contributed by atoms with E-state index in [4.69, 9.17) is 0 Å². The molecule has 0 radical (unpaired) electrons. The fraction of sp³-hybridized carbons (Fsp3) is 0.833. The van der Waals surface area contributed by atoms with Crippen molar-refractivity contribution in [2.75, 3.05) is 0 Å². The largest absolute Gasteiger partial charge is 2.00 e. The first-order chi connectivity index (χ1) is 10.2. The maximum absolute atomic E-state index is 10.2. The summed E-state index contributed by atoms with van der Waals surface area (Å²) in [6, 6.07) is 0. The van der Waals surface area contributed by atoms with Crippen LogP contribution in [0.3, 0.4) is 0 Å². The van der Waals surface area contributed by atoms with E-state index < -0.39 is 5.97 Å². The van der Waals surface area contributed by atoms with Crippen LogP contribution in [-0.4, -0.2) is 17.2 Å². The SMILES string of the molecule is CCCCCCC(O)C/C=C/CCCCCCCC(=O)[O-].[Zn+2]. The van der Waals surface area contributed by atoms with E-state index in [1.807, 2.05) is 0 Å². The van der Waals surface area contributed by atoms with Crippen LogP contribution in [0.2, 0.25) is 0 Å². The van der Waals surface area contributed by atoms with Crippen molar-refractivity contribution < 1.29 is 34.5 Å². The third-order valence-corrected chi connectivity index (χ3v) is 3.72. The smallest absolute Gasteiger partial charge is 0.550 e. The second-order valence-electron chi connectivity index (χ2n) is 5.89. The number of carbonyl (C=O) groups excluding carboxylic acids is 1. The Kier molecular flexibility index (Phi) is 20.6. The predicted octanol–water partition coefficient (Wildman–Crippen LogP) is 3.74. The molecule has 0 heterocycles. The summed E-state index contributed by atoms with van der Waals surface area (Å²) in [6.45, 7) is 2.20. The van der Waals surface area contributed by atoms with Crippen molar-refractivity contribution >= 4 is 5.97 Å². The number of rotatable bonds is 15. The van der Waals surface area contributed by atoms with Gasteiger partial charge in [-0.05, 0) is 38.5 Å². The number of aliphatic hydroxyl groups is 1. The number of carbonyl (C=O) groups is 1. The minimum absolute atomic E-state index is 0. The first-order valence-electron chi connectivity index (χ1n) is 8.69. The second kappa shape index (κ2) is 18.8. The van der Waals surface area contributed by atoms with Gasteiger partial charge in [0.2, 0.25) is 0 Å². The molecule has 0 aliphatic carbocycles. The summed E-state index contributed by atoms with van der Waals surface area (Å²) in [7, 11) is 0. The Morgan fingerprint density at radius 2 is 1.64 bits per heavy atom. The van der Waals surface area contributed by atoms with Gasteiger partial charge >= 0.3 is 19.5 Å². The number of carboxylic acid groups (broad SMARTS) is 1. The Bertz CT molecular complexity index is 267. The fourth-order valence-electron chi connectivity index (χ4n) is 2.36. The van der Waals surface area contributed by atoms with Crippen LogP contribution in [-0.2, 0) is 24.3 Å². The maximum atomic E-state index is 10.2. The van der Waals surface area contributed by atoms with Gasteiger partial charge in [0.25, 0.3) is 0 Å². The first-order valence-corrected chi connectivity index (χ1v) is 8.69. The van der Waals surface area contributed by atoms with Crippen molar-refractivity contribution in [3.63, 3.8) is 0 Å². The van der Waals surface area contributed by atoms with Gasteiger partial charge in [0.1, 0.15) is 0 Å². The Morgan fingerprint density at radius 1 is 1.00 bits per heavy atom. The number of hydrogen-bond donors (Lipinski definition) is 1. The van der Waals surface area contributed by atoms with Gasteiger partial charge in [-0.3, -0.25) is 0 Å². The molecule has 1 atom stereocenters. The van der Waals surface area contributed by atoms with Gasteiger partial charge in [0.15, 0.2) is 0 Å². The fourth-order valence-corrected chi connectivity index (χ4v) is 2.36. The molecule has 0 fully saturated rings. The van der Waals surface area contributed by atoms with Crippen LogP contribution >= 0.6 is 0 Å². The topological polar surface area (TPSA) is 60.4 Å². The van der Waals surface area contributed by atoms with Crippen LogP contribution in [0.15, 0.2) is 12.2 Å². The molecule has 0 aromatic heterocycles. The number of aliphatic carboxylic acids is 1. The predicted molar refractivity (Wildman–Crippen MR) is 85.8 cm³/mol.